The molecule has 144 valence electrons. The van der Waals surface area contributed by atoms with Crippen LogP contribution in [0, 0.1) is 13.8 Å². The van der Waals surface area contributed by atoms with Crippen LogP contribution in [0.5, 0.6) is 0 Å². The van der Waals surface area contributed by atoms with Crippen molar-refractivity contribution in [2.45, 2.75) is 20.8 Å². The van der Waals surface area contributed by atoms with Crippen LogP contribution in [0.4, 0.5) is 5.69 Å². The molecule has 0 aliphatic heterocycles. The number of anilines is 1. The first-order valence-electron chi connectivity index (χ1n) is 8.22. The zero-order valence-corrected chi connectivity index (χ0v) is 18.1. The number of amides is 1. The molecule has 1 amide bonds. The molecule has 0 saturated heterocycles. The van der Waals surface area contributed by atoms with Crippen molar-refractivity contribution in [3.8, 4) is 0 Å². The van der Waals surface area contributed by atoms with Gasteiger partial charge in [-0.1, -0.05) is 45.8 Å². The topological polar surface area (TPSA) is 78.8 Å². The molecule has 0 unspecified atom stereocenters. The molecule has 0 aliphatic rings. The van der Waals surface area contributed by atoms with Gasteiger partial charge in [-0.2, -0.15) is 5.10 Å². The number of rotatable bonds is 6. The van der Waals surface area contributed by atoms with E-state index in [1.807, 2.05) is 50.2 Å². The van der Waals surface area contributed by atoms with Crippen LogP contribution in [0.25, 0.3) is 0 Å². The standard InChI is InChI=1S/C19H22BrN3O3S/c1-13-8-9-18(14(2)10-13)23(27(4,25)26)12-19(24)22-21-15(3)16-6-5-7-17(20)11-16/h5-11H,12H2,1-4H3,(H,22,24)/b21-15-. The molecule has 0 saturated carbocycles. The van der Waals surface area contributed by atoms with Crippen LogP contribution in [-0.2, 0) is 14.8 Å². The maximum atomic E-state index is 12.3. The van der Waals surface area contributed by atoms with E-state index in [4.69, 9.17) is 0 Å². The van der Waals surface area contributed by atoms with Gasteiger partial charge in [-0.15, -0.1) is 0 Å². The largest absolute Gasteiger partial charge is 0.271 e. The third kappa shape index (κ3) is 5.90. The van der Waals surface area contributed by atoms with Crippen molar-refractivity contribution < 1.29 is 13.2 Å². The van der Waals surface area contributed by atoms with Crippen LogP contribution in [0.2, 0.25) is 0 Å². The monoisotopic (exact) mass is 451 g/mol. The predicted molar refractivity (Wildman–Crippen MR) is 113 cm³/mol. The lowest BCUT2D eigenvalue weighted by Crippen LogP contribution is -2.39. The highest BCUT2D eigenvalue weighted by Gasteiger charge is 2.22. The van der Waals surface area contributed by atoms with Gasteiger partial charge in [-0.25, -0.2) is 13.8 Å². The number of carbonyl (C=O) groups excluding carboxylic acids is 1. The van der Waals surface area contributed by atoms with Crippen molar-refractivity contribution in [3.05, 3.63) is 63.6 Å². The average Bonchev–Trinajstić information content (AvgIpc) is 2.57. The molecule has 0 aliphatic carbocycles. The van der Waals surface area contributed by atoms with Crippen LogP contribution in [-0.4, -0.2) is 32.8 Å². The predicted octanol–water partition coefficient (Wildman–Crippen LogP) is 3.37. The van der Waals surface area contributed by atoms with E-state index in [2.05, 4.69) is 26.5 Å². The second-order valence-corrected chi connectivity index (χ2v) is 9.12. The molecular weight excluding hydrogens is 430 g/mol. The number of benzene rings is 2. The summed E-state index contributed by atoms with van der Waals surface area (Å²) in [6.45, 7) is 5.15. The van der Waals surface area contributed by atoms with Gasteiger partial charge in [0.15, 0.2) is 0 Å². The molecule has 2 rings (SSSR count). The number of carbonyl (C=O) groups is 1. The van der Waals surface area contributed by atoms with Crippen molar-refractivity contribution in [2.24, 2.45) is 5.10 Å². The number of halogens is 1. The second-order valence-electron chi connectivity index (χ2n) is 6.30. The minimum Gasteiger partial charge on any atom is -0.271 e. The highest BCUT2D eigenvalue weighted by atomic mass is 79.9. The minimum atomic E-state index is -3.63. The van der Waals surface area contributed by atoms with E-state index in [0.29, 0.717) is 11.4 Å². The fourth-order valence-electron chi connectivity index (χ4n) is 2.56. The molecule has 0 atom stereocenters. The van der Waals surface area contributed by atoms with Gasteiger partial charge in [-0.05, 0) is 50.1 Å². The maximum Gasteiger partial charge on any atom is 0.260 e. The normalized spacial score (nSPS) is 12.0. The van der Waals surface area contributed by atoms with Crippen molar-refractivity contribution in [1.82, 2.24) is 5.43 Å². The average molecular weight is 452 g/mol. The van der Waals surface area contributed by atoms with Gasteiger partial charge < -0.3 is 0 Å². The third-order valence-electron chi connectivity index (χ3n) is 3.90. The van der Waals surface area contributed by atoms with E-state index in [1.54, 1.807) is 13.0 Å². The van der Waals surface area contributed by atoms with Crippen LogP contribution < -0.4 is 9.73 Å². The highest BCUT2D eigenvalue weighted by molar-refractivity contribution is 9.10. The Morgan fingerprint density at radius 3 is 2.48 bits per heavy atom. The van der Waals surface area contributed by atoms with Crippen molar-refractivity contribution >= 4 is 43.3 Å². The first-order chi connectivity index (χ1) is 12.6. The third-order valence-corrected chi connectivity index (χ3v) is 5.52. The Bertz CT molecular complexity index is 987. The molecule has 2 aromatic carbocycles. The SMILES string of the molecule is C/C(=N/NC(=O)CN(c1ccc(C)cc1C)S(C)(=O)=O)c1cccc(Br)c1. The van der Waals surface area contributed by atoms with Crippen molar-refractivity contribution in [3.63, 3.8) is 0 Å². The lowest BCUT2D eigenvalue weighted by atomic mass is 10.1. The van der Waals surface area contributed by atoms with E-state index in [1.165, 1.54) is 0 Å². The van der Waals surface area contributed by atoms with E-state index < -0.39 is 15.9 Å². The summed E-state index contributed by atoms with van der Waals surface area (Å²) in [6, 6.07) is 12.9. The highest BCUT2D eigenvalue weighted by Crippen LogP contribution is 2.23. The summed E-state index contributed by atoms with van der Waals surface area (Å²) in [4.78, 5) is 12.3. The molecule has 0 aromatic heterocycles. The summed E-state index contributed by atoms with van der Waals surface area (Å²) >= 11 is 3.39. The molecule has 0 fully saturated rings. The first kappa shape index (κ1) is 21.1. The van der Waals surface area contributed by atoms with Crippen LogP contribution in [0.1, 0.15) is 23.6 Å². The van der Waals surface area contributed by atoms with Crippen molar-refractivity contribution in [2.75, 3.05) is 17.1 Å². The Morgan fingerprint density at radius 2 is 1.89 bits per heavy atom. The summed E-state index contributed by atoms with van der Waals surface area (Å²) in [6.07, 6.45) is 1.08. The number of hydrogen-bond acceptors (Lipinski definition) is 4. The van der Waals surface area contributed by atoms with E-state index in [-0.39, 0.29) is 6.54 Å². The fraction of sp³-hybridized carbons (Fsp3) is 0.263. The molecule has 0 heterocycles. The summed E-state index contributed by atoms with van der Waals surface area (Å²) in [5.41, 5.74) is 6.16. The van der Waals surface area contributed by atoms with Gasteiger partial charge in [-0.3, -0.25) is 9.10 Å². The summed E-state index contributed by atoms with van der Waals surface area (Å²) < 4.78 is 26.4. The molecule has 27 heavy (non-hydrogen) atoms. The minimum absolute atomic E-state index is 0.349. The van der Waals surface area contributed by atoms with Crippen LogP contribution in [0.15, 0.2) is 52.0 Å². The van der Waals surface area contributed by atoms with Gasteiger partial charge in [0.05, 0.1) is 17.7 Å². The number of nitrogens with one attached hydrogen (secondary N) is 1. The molecule has 0 bridgehead atoms. The molecule has 0 spiro atoms. The Balaban J connectivity index is 2.18. The second kappa shape index (κ2) is 8.67. The van der Waals surface area contributed by atoms with Crippen LogP contribution >= 0.6 is 15.9 Å². The summed E-state index contributed by atoms with van der Waals surface area (Å²) in [5.74, 6) is -0.519. The number of sulfonamides is 1. The lowest BCUT2D eigenvalue weighted by molar-refractivity contribution is -0.119. The van der Waals surface area contributed by atoms with Gasteiger partial charge in [0.1, 0.15) is 6.54 Å². The van der Waals surface area contributed by atoms with Gasteiger partial charge in [0.2, 0.25) is 10.0 Å². The van der Waals surface area contributed by atoms with Gasteiger partial charge in [0, 0.05) is 4.47 Å². The van der Waals surface area contributed by atoms with Gasteiger partial charge >= 0.3 is 0 Å². The number of hydrazone groups is 1. The first-order valence-corrected chi connectivity index (χ1v) is 10.9. The van der Waals surface area contributed by atoms with Gasteiger partial charge in [0.25, 0.3) is 5.91 Å². The van der Waals surface area contributed by atoms with E-state index in [0.717, 1.165) is 31.7 Å². The Morgan fingerprint density at radius 1 is 1.19 bits per heavy atom. The van der Waals surface area contributed by atoms with E-state index in [9.17, 15) is 13.2 Å². The Labute approximate surface area is 168 Å². The molecule has 8 heteroatoms. The quantitative estimate of drug-likeness (QED) is 0.539. The Kier molecular flexibility index (Phi) is 6.78. The molecule has 6 nitrogen and oxygen atoms in total. The van der Waals surface area contributed by atoms with Crippen LogP contribution in [0.3, 0.4) is 0 Å². The van der Waals surface area contributed by atoms with E-state index >= 15 is 0 Å². The zero-order chi connectivity index (χ0) is 20.2. The number of nitrogens with zero attached hydrogens (tertiary/aromatic N) is 2. The summed E-state index contributed by atoms with van der Waals surface area (Å²) in [7, 11) is -3.63. The lowest BCUT2D eigenvalue weighted by Gasteiger charge is -2.23. The fourth-order valence-corrected chi connectivity index (χ4v) is 3.87. The molecule has 0 radical (unpaired) electrons. The Hall–Kier alpha value is -2.19. The number of hydrogen-bond donors (Lipinski definition) is 1. The molecule has 1 N–H and O–H groups in total. The smallest absolute Gasteiger partial charge is 0.260 e. The number of aryl methyl sites for hydroxylation is 2. The zero-order valence-electron chi connectivity index (χ0n) is 15.7. The molecule has 2 aromatic rings. The van der Waals surface area contributed by atoms with Crippen molar-refractivity contribution in [1.29, 1.82) is 0 Å². The maximum absolute atomic E-state index is 12.3. The summed E-state index contributed by atoms with van der Waals surface area (Å²) in [5, 5.41) is 4.08. The molecular formula is C19H22BrN3O3S.